The van der Waals surface area contributed by atoms with E-state index in [-0.39, 0.29) is 12.4 Å². The highest BCUT2D eigenvalue weighted by Gasteiger charge is 2.02. The van der Waals surface area contributed by atoms with Gasteiger partial charge in [0.05, 0.1) is 12.4 Å². The largest absolute Gasteiger partial charge is 0.380 e. The molecular weight excluding hydrogens is 164 g/mol. The van der Waals surface area contributed by atoms with Crippen molar-refractivity contribution in [1.82, 2.24) is 0 Å². The van der Waals surface area contributed by atoms with Gasteiger partial charge in [-0.25, -0.2) is 8.42 Å². The SMILES string of the molecule is C=CS(=O)(=O)CCOCCC. The van der Waals surface area contributed by atoms with Gasteiger partial charge in [0, 0.05) is 12.0 Å². The summed E-state index contributed by atoms with van der Waals surface area (Å²) in [5, 5.41) is 0.961. The van der Waals surface area contributed by atoms with E-state index in [1.54, 1.807) is 0 Å². The Labute approximate surface area is 68.0 Å². The van der Waals surface area contributed by atoms with Crippen LogP contribution in [0.1, 0.15) is 13.3 Å². The van der Waals surface area contributed by atoms with Crippen LogP contribution in [0.25, 0.3) is 0 Å². The molecule has 0 fully saturated rings. The summed E-state index contributed by atoms with van der Waals surface area (Å²) >= 11 is 0. The monoisotopic (exact) mass is 178 g/mol. The number of hydrogen-bond acceptors (Lipinski definition) is 3. The van der Waals surface area contributed by atoms with Crippen molar-refractivity contribution in [2.75, 3.05) is 19.0 Å². The third-order valence-electron chi connectivity index (χ3n) is 1.11. The van der Waals surface area contributed by atoms with Gasteiger partial charge in [-0.2, -0.15) is 0 Å². The van der Waals surface area contributed by atoms with Crippen molar-refractivity contribution in [1.29, 1.82) is 0 Å². The maximum atomic E-state index is 10.8. The molecule has 3 nitrogen and oxygen atoms in total. The van der Waals surface area contributed by atoms with Crippen LogP contribution in [0.4, 0.5) is 0 Å². The fraction of sp³-hybridized carbons (Fsp3) is 0.714. The smallest absolute Gasteiger partial charge is 0.173 e. The summed E-state index contributed by atoms with van der Waals surface area (Å²) in [5.74, 6) is 0.0382. The maximum Gasteiger partial charge on any atom is 0.173 e. The molecule has 0 atom stereocenters. The molecule has 0 saturated heterocycles. The molecule has 0 aromatic rings. The zero-order valence-corrected chi connectivity index (χ0v) is 7.56. The summed E-state index contributed by atoms with van der Waals surface area (Å²) in [5.41, 5.74) is 0. The van der Waals surface area contributed by atoms with E-state index in [4.69, 9.17) is 4.74 Å². The van der Waals surface area contributed by atoms with E-state index in [1.807, 2.05) is 6.92 Å². The minimum absolute atomic E-state index is 0.0382. The first kappa shape index (κ1) is 10.7. The van der Waals surface area contributed by atoms with E-state index in [0.29, 0.717) is 6.61 Å². The highest BCUT2D eigenvalue weighted by Crippen LogP contribution is 1.91. The van der Waals surface area contributed by atoms with Gasteiger partial charge in [-0.1, -0.05) is 13.5 Å². The van der Waals surface area contributed by atoms with Gasteiger partial charge in [0.1, 0.15) is 0 Å². The summed E-state index contributed by atoms with van der Waals surface area (Å²) in [7, 11) is -3.06. The fourth-order valence-corrected chi connectivity index (χ4v) is 1.02. The number of ether oxygens (including phenoxy) is 1. The Morgan fingerprint density at radius 3 is 2.55 bits per heavy atom. The first-order valence-corrected chi connectivity index (χ1v) is 5.27. The van der Waals surface area contributed by atoms with E-state index in [1.165, 1.54) is 0 Å². The van der Waals surface area contributed by atoms with Crippen LogP contribution in [-0.4, -0.2) is 27.4 Å². The van der Waals surface area contributed by atoms with Crippen molar-refractivity contribution < 1.29 is 13.2 Å². The quantitative estimate of drug-likeness (QED) is 0.569. The van der Waals surface area contributed by atoms with Crippen LogP contribution in [0.2, 0.25) is 0 Å². The second-order valence-electron chi connectivity index (χ2n) is 2.15. The second-order valence-corrected chi connectivity index (χ2v) is 4.21. The van der Waals surface area contributed by atoms with E-state index < -0.39 is 9.84 Å². The Bertz CT molecular complexity index is 194. The van der Waals surface area contributed by atoms with Gasteiger partial charge >= 0.3 is 0 Å². The molecule has 0 saturated carbocycles. The molecule has 0 N–H and O–H groups in total. The molecule has 0 spiro atoms. The van der Waals surface area contributed by atoms with Gasteiger partial charge in [-0.15, -0.1) is 0 Å². The molecule has 11 heavy (non-hydrogen) atoms. The standard InChI is InChI=1S/C7H14O3S/c1-3-5-10-6-7-11(8,9)4-2/h4H,2-3,5-7H2,1H3. The molecule has 0 aliphatic carbocycles. The molecular formula is C7H14O3S. The van der Waals surface area contributed by atoms with Crippen molar-refractivity contribution >= 4 is 9.84 Å². The lowest BCUT2D eigenvalue weighted by molar-refractivity contribution is 0.150. The van der Waals surface area contributed by atoms with Crippen molar-refractivity contribution in [3.05, 3.63) is 12.0 Å². The van der Waals surface area contributed by atoms with Crippen LogP contribution in [0.15, 0.2) is 12.0 Å². The lowest BCUT2D eigenvalue weighted by atomic mass is 10.5. The molecule has 0 aromatic carbocycles. The Balaban J connectivity index is 3.47. The van der Waals surface area contributed by atoms with Crippen molar-refractivity contribution in [2.24, 2.45) is 0 Å². The maximum absolute atomic E-state index is 10.8. The molecule has 0 aliphatic heterocycles. The number of sulfone groups is 1. The molecule has 0 amide bonds. The van der Waals surface area contributed by atoms with Crippen molar-refractivity contribution in [2.45, 2.75) is 13.3 Å². The van der Waals surface area contributed by atoms with Crippen LogP contribution in [0, 0.1) is 0 Å². The van der Waals surface area contributed by atoms with Gasteiger partial charge in [-0.05, 0) is 6.42 Å². The number of hydrogen-bond donors (Lipinski definition) is 0. The zero-order valence-electron chi connectivity index (χ0n) is 6.75. The predicted molar refractivity (Wildman–Crippen MR) is 45.1 cm³/mol. The van der Waals surface area contributed by atoms with Gasteiger partial charge in [0.15, 0.2) is 9.84 Å². The molecule has 0 aromatic heterocycles. The summed E-state index contributed by atoms with van der Waals surface area (Å²) in [6.07, 6.45) is 0.911. The van der Waals surface area contributed by atoms with Crippen LogP contribution < -0.4 is 0 Å². The average molecular weight is 178 g/mol. The predicted octanol–water partition coefficient (Wildman–Crippen LogP) is 0.971. The highest BCUT2D eigenvalue weighted by molar-refractivity contribution is 7.94. The normalized spacial score (nSPS) is 11.4. The molecule has 66 valence electrons. The Kier molecular flexibility index (Phi) is 5.15. The van der Waals surface area contributed by atoms with E-state index in [9.17, 15) is 8.42 Å². The Morgan fingerprint density at radius 1 is 1.45 bits per heavy atom. The zero-order chi connectivity index (χ0) is 8.74. The Morgan fingerprint density at radius 2 is 2.09 bits per heavy atom. The third-order valence-corrected chi connectivity index (χ3v) is 2.36. The van der Waals surface area contributed by atoms with Crippen LogP contribution in [0.5, 0.6) is 0 Å². The highest BCUT2D eigenvalue weighted by atomic mass is 32.2. The average Bonchev–Trinajstić information content (AvgIpc) is 1.99. The molecule has 0 unspecified atom stereocenters. The molecule has 0 bridgehead atoms. The van der Waals surface area contributed by atoms with E-state index in [2.05, 4.69) is 6.58 Å². The minimum Gasteiger partial charge on any atom is -0.380 e. The van der Waals surface area contributed by atoms with E-state index >= 15 is 0 Å². The van der Waals surface area contributed by atoms with Crippen molar-refractivity contribution in [3.63, 3.8) is 0 Å². The first-order valence-electron chi connectivity index (χ1n) is 3.55. The summed E-state index contributed by atoms with van der Waals surface area (Å²) < 4.78 is 26.5. The van der Waals surface area contributed by atoms with Gasteiger partial charge in [0.2, 0.25) is 0 Å². The molecule has 0 heterocycles. The second kappa shape index (κ2) is 5.32. The fourth-order valence-electron chi connectivity index (χ4n) is 0.505. The molecule has 4 heteroatoms. The van der Waals surface area contributed by atoms with Gasteiger partial charge in [0.25, 0.3) is 0 Å². The third kappa shape index (κ3) is 6.06. The van der Waals surface area contributed by atoms with Gasteiger partial charge in [-0.3, -0.25) is 0 Å². The minimum atomic E-state index is -3.06. The number of rotatable bonds is 6. The Hall–Kier alpha value is -0.350. The van der Waals surface area contributed by atoms with Crippen LogP contribution >= 0.6 is 0 Å². The topological polar surface area (TPSA) is 43.4 Å². The van der Waals surface area contributed by atoms with Crippen molar-refractivity contribution in [3.8, 4) is 0 Å². The van der Waals surface area contributed by atoms with E-state index in [0.717, 1.165) is 11.8 Å². The lowest BCUT2D eigenvalue weighted by Crippen LogP contribution is -2.09. The lowest BCUT2D eigenvalue weighted by Gasteiger charge is -1.99. The van der Waals surface area contributed by atoms with Gasteiger partial charge < -0.3 is 4.74 Å². The molecule has 0 rings (SSSR count). The molecule has 0 radical (unpaired) electrons. The summed E-state index contributed by atoms with van der Waals surface area (Å²) in [6, 6.07) is 0. The summed E-state index contributed by atoms with van der Waals surface area (Å²) in [4.78, 5) is 0. The first-order chi connectivity index (χ1) is 5.12. The van der Waals surface area contributed by atoms with Crippen LogP contribution in [0.3, 0.4) is 0 Å². The van der Waals surface area contributed by atoms with Crippen LogP contribution in [-0.2, 0) is 14.6 Å². The summed E-state index contributed by atoms with van der Waals surface area (Å²) in [6.45, 7) is 6.05. The molecule has 0 aliphatic rings.